The van der Waals surface area contributed by atoms with Crippen LogP contribution in [0.1, 0.15) is 20.3 Å². The average molecular weight is 147 g/mol. The van der Waals surface area contributed by atoms with Crippen LogP contribution in [0.25, 0.3) is 0 Å². The zero-order valence-corrected chi connectivity index (χ0v) is 9.19. The molecule has 0 amide bonds. The van der Waals surface area contributed by atoms with Gasteiger partial charge in [-0.1, -0.05) is 0 Å². The van der Waals surface area contributed by atoms with Crippen LogP contribution in [0.15, 0.2) is 0 Å². The Labute approximate surface area is 48.5 Å². The predicted molar refractivity (Wildman–Crippen MR) is 34.2 cm³/mol. The molecule has 0 bridgehead atoms. The third-order valence-electron chi connectivity index (χ3n) is 0.866. The molecule has 0 aromatic rings. The van der Waals surface area contributed by atoms with Crippen molar-refractivity contribution >= 4 is 16.5 Å². The van der Waals surface area contributed by atoms with Crippen LogP contribution in [0.5, 0.6) is 0 Å². The van der Waals surface area contributed by atoms with Gasteiger partial charge < -0.3 is 0 Å². The van der Waals surface area contributed by atoms with Gasteiger partial charge in [-0.15, -0.1) is 0 Å². The molecule has 1 heteroatoms. The normalized spacial score (nSPS) is 10.5. The van der Waals surface area contributed by atoms with Gasteiger partial charge in [-0.25, -0.2) is 0 Å². The van der Waals surface area contributed by atoms with Gasteiger partial charge in [0.05, 0.1) is 0 Å². The van der Waals surface area contributed by atoms with Gasteiger partial charge in [-0.3, -0.25) is 0 Å². The quantitative estimate of drug-likeness (QED) is 0.507. The first-order valence-corrected chi connectivity index (χ1v) is 5.74. The molecule has 0 radical (unpaired) electrons. The summed E-state index contributed by atoms with van der Waals surface area (Å²) in [5.74, 6) is 0.945. The average Bonchev–Trinajstić information content (AvgIpc) is 1.35. The standard InChI is InChI=1S/C5H14Ge/c1-5(2)3-4-6/h5H,3-4H2,1-2,6H3. The van der Waals surface area contributed by atoms with Crippen LogP contribution >= 0.6 is 0 Å². The van der Waals surface area contributed by atoms with Gasteiger partial charge in [0.25, 0.3) is 0 Å². The summed E-state index contributed by atoms with van der Waals surface area (Å²) in [5.41, 5.74) is 0. The zero-order chi connectivity index (χ0) is 4.99. The van der Waals surface area contributed by atoms with Gasteiger partial charge in [-0.2, -0.15) is 0 Å². The molecule has 0 heterocycles. The summed E-state index contributed by atoms with van der Waals surface area (Å²) in [6.07, 6.45) is 1.46. The van der Waals surface area contributed by atoms with E-state index in [0.29, 0.717) is 0 Å². The van der Waals surface area contributed by atoms with Crippen molar-refractivity contribution in [2.24, 2.45) is 5.92 Å². The molecule has 6 heavy (non-hydrogen) atoms. The molecule has 0 aromatic carbocycles. The first-order chi connectivity index (χ1) is 2.77. The van der Waals surface area contributed by atoms with Crippen molar-refractivity contribution in [2.45, 2.75) is 25.5 Å². The molecular formula is C5H14Ge. The van der Waals surface area contributed by atoms with Crippen LogP contribution in [0.3, 0.4) is 0 Å². The van der Waals surface area contributed by atoms with Gasteiger partial charge in [0, 0.05) is 0 Å². The van der Waals surface area contributed by atoms with Crippen LogP contribution in [0.4, 0.5) is 0 Å². The van der Waals surface area contributed by atoms with E-state index in [4.69, 9.17) is 0 Å². The Morgan fingerprint density at radius 2 is 2.00 bits per heavy atom. The van der Waals surface area contributed by atoms with Crippen molar-refractivity contribution in [1.29, 1.82) is 0 Å². The predicted octanol–water partition coefficient (Wildman–Crippen LogP) is 0.816. The van der Waals surface area contributed by atoms with Gasteiger partial charge >= 0.3 is 48.0 Å². The van der Waals surface area contributed by atoms with E-state index in [1.165, 1.54) is 11.7 Å². The molecular weight excluding hydrogens is 133 g/mol. The van der Waals surface area contributed by atoms with E-state index >= 15 is 0 Å². The van der Waals surface area contributed by atoms with Gasteiger partial charge in [0.15, 0.2) is 0 Å². The number of hydrogen-bond donors (Lipinski definition) is 0. The number of hydrogen-bond acceptors (Lipinski definition) is 0. The maximum absolute atomic E-state index is 2.28. The molecule has 0 N–H and O–H groups in total. The minimum absolute atomic E-state index is 0.945. The third kappa shape index (κ3) is 4.54. The van der Waals surface area contributed by atoms with Crippen molar-refractivity contribution in [3.05, 3.63) is 0 Å². The minimum atomic E-state index is 0.945. The van der Waals surface area contributed by atoms with E-state index in [-0.39, 0.29) is 0 Å². The number of rotatable bonds is 2. The molecule has 0 spiro atoms. The Kier molecular flexibility index (Phi) is 4.06. The second kappa shape index (κ2) is 3.72. The Morgan fingerprint density at radius 3 is 2.00 bits per heavy atom. The Bertz CT molecular complexity index is 25.1. The fourth-order valence-electron chi connectivity index (χ4n) is 0.577. The molecule has 0 atom stereocenters. The fourth-order valence-corrected chi connectivity index (χ4v) is 3.00. The van der Waals surface area contributed by atoms with Crippen molar-refractivity contribution in [3.63, 3.8) is 0 Å². The summed E-state index contributed by atoms with van der Waals surface area (Å²) in [6.45, 7) is 4.57. The molecule has 0 aliphatic rings. The van der Waals surface area contributed by atoms with E-state index in [1.54, 1.807) is 0 Å². The van der Waals surface area contributed by atoms with Gasteiger partial charge in [0.1, 0.15) is 0 Å². The summed E-state index contributed by atoms with van der Waals surface area (Å²) in [6, 6.07) is 0. The van der Waals surface area contributed by atoms with Crippen LogP contribution in [-0.2, 0) is 0 Å². The van der Waals surface area contributed by atoms with Crippen LogP contribution < -0.4 is 0 Å². The maximum atomic E-state index is 2.28. The molecule has 0 nitrogen and oxygen atoms in total. The molecule has 0 aliphatic carbocycles. The molecule has 38 valence electrons. The summed E-state index contributed by atoms with van der Waals surface area (Å²) >= 11 is 1.09. The summed E-state index contributed by atoms with van der Waals surface area (Å²) in [7, 11) is 0. The molecule has 0 aliphatic heterocycles. The topological polar surface area (TPSA) is 0 Å². The SMILES string of the molecule is CC(C)C[CH2][GeH3]. The first-order valence-electron chi connectivity index (χ1n) is 2.77. The van der Waals surface area contributed by atoms with E-state index in [1.807, 2.05) is 0 Å². The summed E-state index contributed by atoms with van der Waals surface area (Å²) in [4.78, 5) is 0. The van der Waals surface area contributed by atoms with Crippen molar-refractivity contribution in [3.8, 4) is 0 Å². The second-order valence-corrected chi connectivity index (χ2v) is 4.28. The fraction of sp³-hybridized carbons (Fsp3) is 1.00. The Balaban J connectivity index is 2.63. The Hall–Kier alpha value is 0.543. The summed E-state index contributed by atoms with van der Waals surface area (Å²) < 4.78 is 0. The van der Waals surface area contributed by atoms with Crippen molar-refractivity contribution in [1.82, 2.24) is 0 Å². The van der Waals surface area contributed by atoms with E-state index in [9.17, 15) is 0 Å². The van der Waals surface area contributed by atoms with Gasteiger partial charge in [0.2, 0.25) is 0 Å². The van der Waals surface area contributed by atoms with Crippen LogP contribution in [-0.4, -0.2) is 16.5 Å². The molecule has 0 saturated carbocycles. The second-order valence-electron chi connectivity index (χ2n) is 2.18. The van der Waals surface area contributed by atoms with Crippen LogP contribution in [0, 0.1) is 5.92 Å². The van der Waals surface area contributed by atoms with Crippen molar-refractivity contribution in [2.75, 3.05) is 0 Å². The first kappa shape index (κ1) is 6.54. The monoisotopic (exact) mass is 148 g/mol. The molecule has 0 fully saturated rings. The van der Waals surface area contributed by atoms with Crippen molar-refractivity contribution < 1.29 is 0 Å². The van der Waals surface area contributed by atoms with Crippen LogP contribution in [0.2, 0.25) is 5.25 Å². The third-order valence-corrected chi connectivity index (χ3v) is 2.08. The van der Waals surface area contributed by atoms with E-state index < -0.39 is 0 Å². The van der Waals surface area contributed by atoms with E-state index in [0.717, 1.165) is 22.4 Å². The molecule has 0 rings (SSSR count). The Morgan fingerprint density at radius 1 is 1.50 bits per heavy atom. The molecule has 0 aromatic heterocycles. The summed E-state index contributed by atoms with van der Waals surface area (Å²) in [5, 5.41) is 1.52. The zero-order valence-electron chi connectivity index (χ0n) is 4.99. The molecule has 0 saturated heterocycles. The van der Waals surface area contributed by atoms with Gasteiger partial charge in [-0.05, 0) is 0 Å². The molecule has 0 unspecified atom stereocenters. The van der Waals surface area contributed by atoms with E-state index in [2.05, 4.69) is 13.8 Å².